The number of urea groups is 3. The first-order valence-corrected chi connectivity index (χ1v) is 13.8. The zero-order chi connectivity index (χ0) is 31.9. The largest absolute Gasteiger partial charge is 0.492 e. The van der Waals surface area contributed by atoms with Gasteiger partial charge in [-0.25, -0.2) is 19.2 Å². The lowest BCUT2D eigenvalue weighted by atomic mass is 10.2. The van der Waals surface area contributed by atoms with Crippen LogP contribution < -0.4 is 42.5 Å². The highest BCUT2D eigenvalue weighted by molar-refractivity contribution is 5.76. The number of rotatable bonds is 14. The van der Waals surface area contributed by atoms with Crippen LogP contribution in [0.15, 0.2) is 42.5 Å². The first-order chi connectivity index (χ1) is 20.3. The van der Waals surface area contributed by atoms with E-state index >= 15 is 0 Å². The molecular weight excluding hydrogens is 562 g/mol. The maximum Gasteiger partial charge on any atom is 0.432 e. The number of nitrogens with one attached hydrogen (secondary N) is 6. The second-order valence-corrected chi connectivity index (χ2v) is 10.2. The van der Waals surface area contributed by atoms with E-state index in [0.29, 0.717) is 11.3 Å². The van der Waals surface area contributed by atoms with Gasteiger partial charge in [-0.1, -0.05) is 30.3 Å². The topological polar surface area (TPSA) is 224 Å². The average molecular weight is 606 g/mol. The van der Waals surface area contributed by atoms with E-state index in [1.807, 2.05) is 30.3 Å². The molecule has 0 spiro atoms. The van der Waals surface area contributed by atoms with Crippen LogP contribution in [0.4, 0.5) is 19.2 Å². The molecule has 0 aliphatic rings. The van der Waals surface area contributed by atoms with Crippen LogP contribution in [0, 0.1) is 0 Å². The second-order valence-electron chi connectivity index (χ2n) is 10.2. The Labute approximate surface area is 250 Å². The van der Waals surface area contributed by atoms with Gasteiger partial charge in [-0.05, 0) is 33.3 Å². The van der Waals surface area contributed by atoms with E-state index in [1.54, 1.807) is 27.7 Å². The molecule has 0 radical (unpaired) electrons. The summed E-state index contributed by atoms with van der Waals surface area (Å²) in [6.45, 7) is 7.79. The number of carbonyl (C=O) groups is 4. The van der Waals surface area contributed by atoms with Crippen molar-refractivity contribution in [2.75, 3.05) is 26.2 Å². The molecule has 2 rings (SSSR count). The maximum absolute atomic E-state index is 13.2. The van der Waals surface area contributed by atoms with Gasteiger partial charge in [-0.2, -0.15) is 0 Å². The molecule has 0 bridgehead atoms. The first kappa shape index (κ1) is 34.3. The van der Waals surface area contributed by atoms with Gasteiger partial charge in [0.1, 0.15) is 0 Å². The van der Waals surface area contributed by atoms with Crippen LogP contribution in [0.25, 0.3) is 0 Å². The number of hydrogen-bond acceptors (Lipinski definition) is 8. The van der Waals surface area contributed by atoms with Crippen molar-refractivity contribution in [3.8, 4) is 11.8 Å². The van der Waals surface area contributed by atoms with Crippen molar-refractivity contribution in [3.05, 3.63) is 48.0 Å². The van der Waals surface area contributed by atoms with E-state index in [-0.39, 0.29) is 44.3 Å². The standard InChI is InChI=1S/C27H43N9O7/c1-17(28)12-29-24(39)33-18(2)13-30-25(40)34-19(3)14-31-26(41)35(16-21-8-6-5-7-9-21)20(4)15-32-27(42)43-36-22(37)10-11-23(36)38/h5-11,17-20,37-38H,12-16,28H2,1-4H3,(H,31,41)(H,32,42)(H2,29,33,39)(H2,30,34,40)/t17-,18-,19-,20-/m0/s1. The molecule has 0 fully saturated rings. The van der Waals surface area contributed by atoms with Crippen LogP contribution in [0.1, 0.15) is 33.3 Å². The van der Waals surface area contributed by atoms with Crippen LogP contribution in [-0.2, 0) is 6.54 Å². The molecule has 4 atom stereocenters. The Morgan fingerprint density at radius 2 is 1.33 bits per heavy atom. The van der Waals surface area contributed by atoms with Crippen molar-refractivity contribution in [1.29, 1.82) is 0 Å². The normalized spacial score (nSPS) is 13.4. The summed E-state index contributed by atoms with van der Waals surface area (Å²) in [5.41, 5.74) is 6.46. The molecule has 0 saturated carbocycles. The zero-order valence-electron chi connectivity index (χ0n) is 24.8. The van der Waals surface area contributed by atoms with Crippen LogP contribution >= 0.6 is 0 Å². The summed E-state index contributed by atoms with van der Waals surface area (Å²) in [7, 11) is 0. The van der Waals surface area contributed by atoms with Gasteiger partial charge >= 0.3 is 24.2 Å². The van der Waals surface area contributed by atoms with Crippen molar-refractivity contribution >= 4 is 24.2 Å². The molecule has 10 N–H and O–H groups in total. The van der Waals surface area contributed by atoms with Gasteiger partial charge in [-0.3, -0.25) is 0 Å². The van der Waals surface area contributed by atoms with E-state index in [4.69, 9.17) is 10.6 Å². The predicted octanol–water partition coefficient (Wildman–Crippen LogP) is 0.360. The summed E-state index contributed by atoms with van der Waals surface area (Å²) in [6, 6.07) is 8.81. The molecule has 16 heteroatoms. The van der Waals surface area contributed by atoms with Gasteiger partial charge in [0.05, 0.1) is 0 Å². The van der Waals surface area contributed by atoms with Crippen molar-refractivity contribution < 1.29 is 34.2 Å². The van der Waals surface area contributed by atoms with Crippen molar-refractivity contribution in [2.24, 2.45) is 5.73 Å². The molecule has 1 heterocycles. The molecule has 7 amide bonds. The van der Waals surface area contributed by atoms with Crippen LogP contribution in [-0.4, -0.2) is 94.4 Å². The Morgan fingerprint density at radius 1 is 0.791 bits per heavy atom. The molecule has 16 nitrogen and oxygen atoms in total. The quantitative estimate of drug-likeness (QED) is 0.146. The summed E-state index contributed by atoms with van der Waals surface area (Å²) in [5.74, 6) is -0.928. The number of nitrogens with two attached hydrogens (primary N) is 1. The SMILES string of the molecule is C[C@H](N)CNC(=O)N[C@@H](C)CNC(=O)N[C@@H](C)CNC(=O)N(Cc1ccccc1)[C@@H](C)CNC(=O)On1c(O)ccc1O. The second kappa shape index (κ2) is 17.2. The van der Waals surface area contributed by atoms with E-state index in [1.165, 1.54) is 4.90 Å². The smallest absolute Gasteiger partial charge is 0.432 e. The zero-order valence-corrected chi connectivity index (χ0v) is 24.8. The third-order valence-electron chi connectivity index (χ3n) is 5.97. The number of carbonyl (C=O) groups excluding carboxylic acids is 4. The number of amides is 7. The fourth-order valence-electron chi connectivity index (χ4n) is 3.65. The van der Waals surface area contributed by atoms with Gasteiger partial charge in [0.25, 0.3) is 0 Å². The fraction of sp³-hybridized carbons (Fsp3) is 0.481. The number of hydrogen-bond donors (Lipinski definition) is 9. The van der Waals surface area contributed by atoms with E-state index in [0.717, 1.165) is 17.7 Å². The van der Waals surface area contributed by atoms with Gasteiger partial charge < -0.3 is 57.6 Å². The lowest BCUT2D eigenvalue weighted by molar-refractivity contribution is 0.105. The summed E-state index contributed by atoms with van der Waals surface area (Å²) in [4.78, 5) is 55.9. The van der Waals surface area contributed by atoms with Crippen molar-refractivity contribution in [1.82, 2.24) is 41.5 Å². The minimum Gasteiger partial charge on any atom is -0.492 e. The third kappa shape index (κ3) is 12.7. The highest BCUT2D eigenvalue weighted by Gasteiger charge is 2.23. The number of aromatic hydroxyl groups is 2. The minimum absolute atomic E-state index is 0.00637. The maximum atomic E-state index is 13.2. The average Bonchev–Trinajstić information content (AvgIpc) is 3.27. The first-order valence-electron chi connectivity index (χ1n) is 13.8. The van der Waals surface area contributed by atoms with Crippen LogP contribution in [0.3, 0.4) is 0 Å². The van der Waals surface area contributed by atoms with Gasteiger partial charge in [0.15, 0.2) is 0 Å². The Bertz CT molecular complexity index is 1170. The number of nitrogens with zero attached hydrogens (tertiary/aromatic N) is 2. The molecule has 0 aliphatic heterocycles. The van der Waals surface area contributed by atoms with Crippen LogP contribution in [0.2, 0.25) is 0 Å². The number of benzene rings is 1. The molecular formula is C27H43N9O7. The highest BCUT2D eigenvalue weighted by atomic mass is 16.7. The Hall–Kier alpha value is -4.86. The summed E-state index contributed by atoms with van der Waals surface area (Å²) >= 11 is 0. The Balaban J connectivity index is 1.85. The summed E-state index contributed by atoms with van der Waals surface area (Å²) < 4.78 is 0.552. The molecule has 0 saturated heterocycles. The molecule has 0 unspecified atom stereocenters. The van der Waals surface area contributed by atoms with Crippen molar-refractivity contribution in [3.63, 3.8) is 0 Å². The van der Waals surface area contributed by atoms with Crippen LogP contribution in [0.5, 0.6) is 11.8 Å². The van der Waals surface area contributed by atoms with Gasteiger partial charge in [0.2, 0.25) is 11.8 Å². The van der Waals surface area contributed by atoms with Gasteiger partial charge in [0, 0.05) is 69.0 Å². The number of aromatic nitrogens is 1. The molecule has 0 aliphatic carbocycles. The third-order valence-corrected chi connectivity index (χ3v) is 5.97. The van der Waals surface area contributed by atoms with E-state index in [9.17, 15) is 29.4 Å². The summed E-state index contributed by atoms with van der Waals surface area (Å²) in [6.07, 6.45) is -0.951. The Kier molecular flexibility index (Phi) is 13.7. The molecule has 238 valence electrons. The Morgan fingerprint density at radius 3 is 1.88 bits per heavy atom. The minimum atomic E-state index is -0.951. The molecule has 1 aromatic carbocycles. The van der Waals surface area contributed by atoms with E-state index in [2.05, 4.69) is 31.9 Å². The van der Waals surface area contributed by atoms with E-state index < -0.39 is 42.0 Å². The van der Waals surface area contributed by atoms with Gasteiger partial charge in [-0.15, -0.1) is 4.73 Å². The lowest BCUT2D eigenvalue weighted by Gasteiger charge is -2.30. The monoisotopic (exact) mass is 605 g/mol. The molecule has 1 aromatic heterocycles. The predicted molar refractivity (Wildman–Crippen MR) is 158 cm³/mol. The molecule has 43 heavy (non-hydrogen) atoms. The fourth-order valence-corrected chi connectivity index (χ4v) is 3.65. The molecule has 2 aromatic rings. The van der Waals surface area contributed by atoms with Crippen molar-refractivity contribution in [2.45, 2.75) is 58.4 Å². The lowest BCUT2D eigenvalue weighted by Crippen LogP contribution is -2.53. The summed E-state index contributed by atoms with van der Waals surface area (Å²) in [5, 5.41) is 35.3. The highest BCUT2D eigenvalue weighted by Crippen LogP contribution is 2.18.